The van der Waals surface area contributed by atoms with Crippen molar-refractivity contribution in [1.29, 1.82) is 0 Å². The first-order valence-corrected chi connectivity index (χ1v) is 10.0. The molecule has 2 aromatic rings. The molecule has 2 heterocycles. The summed E-state index contributed by atoms with van der Waals surface area (Å²) >= 11 is 5.89. The maximum atomic E-state index is 12.6. The molecule has 1 aliphatic heterocycles. The summed E-state index contributed by atoms with van der Waals surface area (Å²) in [7, 11) is 1.65. The van der Waals surface area contributed by atoms with Crippen LogP contribution < -0.4 is 15.1 Å². The van der Waals surface area contributed by atoms with Crippen molar-refractivity contribution >= 4 is 40.8 Å². The van der Waals surface area contributed by atoms with Gasteiger partial charge in [-0.1, -0.05) is 11.6 Å². The molecule has 29 heavy (non-hydrogen) atoms. The molecule has 0 atom stereocenters. The van der Waals surface area contributed by atoms with E-state index in [-0.39, 0.29) is 11.8 Å². The molecule has 8 heteroatoms. The highest BCUT2D eigenvalue weighted by Crippen LogP contribution is 2.24. The van der Waals surface area contributed by atoms with Crippen LogP contribution >= 0.6 is 11.6 Å². The number of pyridine rings is 1. The minimum absolute atomic E-state index is 0.0141. The first-order chi connectivity index (χ1) is 14.0. The maximum Gasteiger partial charge on any atom is 0.413 e. The van der Waals surface area contributed by atoms with Crippen molar-refractivity contribution in [1.82, 2.24) is 4.98 Å². The highest BCUT2D eigenvalue weighted by molar-refractivity contribution is 6.30. The van der Waals surface area contributed by atoms with E-state index in [1.54, 1.807) is 44.4 Å². The highest BCUT2D eigenvalue weighted by Gasteiger charge is 2.25. The average Bonchev–Trinajstić information content (AvgIpc) is 2.74. The predicted molar refractivity (Wildman–Crippen MR) is 115 cm³/mol. The molecule has 0 unspecified atom stereocenters. The van der Waals surface area contributed by atoms with Gasteiger partial charge in [0.1, 0.15) is 5.82 Å². The summed E-state index contributed by atoms with van der Waals surface area (Å²) in [6.07, 6.45) is 2.75. The monoisotopic (exact) mass is 416 g/mol. The molecule has 1 saturated heterocycles. The van der Waals surface area contributed by atoms with Crippen molar-refractivity contribution in [2.24, 2.45) is 5.92 Å². The number of hydrogen-bond acceptors (Lipinski definition) is 5. The Labute approximate surface area is 175 Å². The molecule has 1 aliphatic rings. The van der Waals surface area contributed by atoms with Crippen LogP contribution in [0.15, 0.2) is 42.6 Å². The number of halogens is 1. The molecule has 154 valence electrons. The Hall–Kier alpha value is -2.80. The number of amides is 2. The van der Waals surface area contributed by atoms with E-state index in [1.807, 2.05) is 12.1 Å². The van der Waals surface area contributed by atoms with Gasteiger partial charge in [0, 0.05) is 43.6 Å². The van der Waals surface area contributed by atoms with E-state index in [0.717, 1.165) is 31.7 Å². The second-order valence-corrected chi connectivity index (χ2v) is 7.33. The predicted octanol–water partition coefficient (Wildman–Crippen LogP) is 4.18. The van der Waals surface area contributed by atoms with Crippen LogP contribution in [0.3, 0.4) is 0 Å². The molecule has 1 aromatic heterocycles. The van der Waals surface area contributed by atoms with Gasteiger partial charge in [-0.3, -0.25) is 9.69 Å². The zero-order valence-electron chi connectivity index (χ0n) is 16.6. The molecule has 1 fully saturated rings. The van der Waals surface area contributed by atoms with Gasteiger partial charge >= 0.3 is 6.09 Å². The minimum atomic E-state index is -0.411. The summed E-state index contributed by atoms with van der Waals surface area (Å²) < 4.78 is 4.98. The lowest BCUT2D eigenvalue weighted by molar-refractivity contribution is -0.120. The maximum absolute atomic E-state index is 12.6. The van der Waals surface area contributed by atoms with E-state index in [1.165, 1.54) is 4.90 Å². The number of piperidine rings is 1. The Morgan fingerprint density at radius 1 is 1.21 bits per heavy atom. The molecule has 1 aromatic carbocycles. The third-order valence-electron chi connectivity index (χ3n) is 4.97. The van der Waals surface area contributed by atoms with Gasteiger partial charge in [-0.25, -0.2) is 9.78 Å². The van der Waals surface area contributed by atoms with Crippen molar-refractivity contribution in [3.05, 3.63) is 47.6 Å². The Bertz CT molecular complexity index is 834. The molecule has 7 nitrogen and oxygen atoms in total. The van der Waals surface area contributed by atoms with Gasteiger partial charge in [0.15, 0.2) is 0 Å². The summed E-state index contributed by atoms with van der Waals surface area (Å²) in [5, 5.41) is 3.58. The quantitative estimate of drug-likeness (QED) is 0.791. The van der Waals surface area contributed by atoms with Crippen LogP contribution in [0.25, 0.3) is 0 Å². The zero-order chi connectivity index (χ0) is 20.8. The molecular weight excluding hydrogens is 392 g/mol. The molecule has 0 aliphatic carbocycles. The van der Waals surface area contributed by atoms with Crippen LogP contribution in [0.2, 0.25) is 5.02 Å². The molecule has 0 saturated carbocycles. The molecule has 1 N–H and O–H groups in total. The average molecular weight is 417 g/mol. The largest absolute Gasteiger partial charge is 0.449 e. The van der Waals surface area contributed by atoms with Crippen LogP contribution in [-0.4, -0.2) is 43.7 Å². The topological polar surface area (TPSA) is 74.8 Å². The first-order valence-electron chi connectivity index (χ1n) is 9.66. The van der Waals surface area contributed by atoms with Crippen LogP contribution in [0.5, 0.6) is 0 Å². The van der Waals surface area contributed by atoms with Crippen molar-refractivity contribution < 1.29 is 14.3 Å². The summed E-state index contributed by atoms with van der Waals surface area (Å²) in [5.74, 6) is 0.857. The minimum Gasteiger partial charge on any atom is -0.449 e. The zero-order valence-corrected chi connectivity index (χ0v) is 17.4. The lowest BCUT2D eigenvalue weighted by Gasteiger charge is -2.32. The van der Waals surface area contributed by atoms with Crippen LogP contribution in [-0.2, 0) is 9.53 Å². The van der Waals surface area contributed by atoms with Crippen molar-refractivity contribution in [2.45, 2.75) is 19.8 Å². The smallest absolute Gasteiger partial charge is 0.413 e. The van der Waals surface area contributed by atoms with E-state index >= 15 is 0 Å². The molecule has 0 radical (unpaired) electrons. The van der Waals surface area contributed by atoms with Gasteiger partial charge in [0.2, 0.25) is 5.91 Å². The van der Waals surface area contributed by atoms with E-state index in [9.17, 15) is 9.59 Å². The third-order valence-corrected chi connectivity index (χ3v) is 5.19. The number of hydrogen-bond donors (Lipinski definition) is 1. The number of rotatable bonds is 5. The molecule has 0 bridgehead atoms. The standard InChI is InChI=1S/C21H25ClN4O3/c1-3-29-21(28)25(2)18-7-5-17(6-8-18)24-20(27)15-10-12-26(13-11-15)19-9-4-16(22)14-23-19/h4-9,14-15H,3,10-13H2,1-2H3,(H,24,27). The summed E-state index contributed by atoms with van der Waals surface area (Å²) in [5.41, 5.74) is 1.41. The van der Waals surface area contributed by atoms with Gasteiger partial charge in [-0.2, -0.15) is 0 Å². The van der Waals surface area contributed by atoms with Gasteiger partial charge in [0.05, 0.1) is 11.6 Å². The molecule has 2 amide bonds. The van der Waals surface area contributed by atoms with Crippen molar-refractivity contribution in [3.63, 3.8) is 0 Å². The number of anilines is 3. The van der Waals surface area contributed by atoms with Crippen LogP contribution in [0.4, 0.5) is 22.0 Å². The fourth-order valence-corrected chi connectivity index (χ4v) is 3.38. The number of ether oxygens (including phenoxy) is 1. The number of carbonyl (C=O) groups excluding carboxylic acids is 2. The molecule has 3 rings (SSSR count). The SMILES string of the molecule is CCOC(=O)N(C)c1ccc(NC(=O)C2CCN(c3ccc(Cl)cn3)CC2)cc1. The number of aromatic nitrogens is 1. The van der Waals surface area contributed by atoms with E-state index in [0.29, 0.717) is 23.0 Å². The normalized spacial score (nSPS) is 14.4. The van der Waals surface area contributed by atoms with Crippen molar-refractivity contribution in [3.8, 4) is 0 Å². The summed E-state index contributed by atoms with van der Waals surface area (Å²) in [6, 6.07) is 10.9. The highest BCUT2D eigenvalue weighted by atomic mass is 35.5. The first kappa shape index (κ1) is 20.9. The van der Waals surface area contributed by atoms with E-state index in [2.05, 4.69) is 15.2 Å². The van der Waals surface area contributed by atoms with Crippen molar-refractivity contribution in [2.75, 3.05) is 41.9 Å². The fraction of sp³-hybridized carbons (Fsp3) is 0.381. The van der Waals surface area contributed by atoms with Crippen LogP contribution in [0.1, 0.15) is 19.8 Å². The lowest BCUT2D eigenvalue weighted by atomic mass is 9.95. The van der Waals surface area contributed by atoms with Gasteiger partial charge in [-0.15, -0.1) is 0 Å². The Kier molecular flexibility index (Phi) is 6.93. The van der Waals surface area contributed by atoms with E-state index in [4.69, 9.17) is 16.3 Å². The second-order valence-electron chi connectivity index (χ2n) is 6.89. The Morgan fingerprint density at radius 3 is 2.48 bits per heavy atom. The van der Waals surface area contributed by atoms with Gasteiger partial charge in [-0.05, 0) is 56.2 Å². The Balaban J connectivity index is 1.52. The van der Waals surface area contributed by atoms with Gasteiger partial charge < -0.3 is 15.0 Å². The third kappa shape index (κ3) is 5.38. The number of nitrogens with zero attached hydrogens (tertiary/aromatic N) is 3. The van der Waals surface area contributed by atoms with Gasteiger partial charge in [0.25, 0.3) is 0 Å². The molecule has 0 spiro atoms. The lowest BCUT2D eigenvalue weighted by Crippen LogP contribution is -2.38. The summed E-state index contributed by atoms with van der Waals surface area (Å²) in [4.78, 5) is 32.3. The van der Waals surface area contributed by atoms with Crippen LogP contribution in [0, 0.1) is 5.92 Å². The number of benzene rings is 1. The molecular formula is C21H25ClN4O3. The van der Waals surface area contributed by atoms with E-state index < -0.39 is 6.09 Å². The number of carbonyl (C=O) groups is 2. The fourth-order valence-electron chi connectivity index (χ4n) is 3.26. The summed E-state index contributed by atoms with van der Waals surface area (Å²) in [6.45, 7) is 3.64. The number of nitrogens with one attached hydrogen (secondary N) is 1. The second kappa shape index (κ2) is 9.60. The Morgan fingerprint density at radius 2 is 1.90 bits per heavy atom.